The Labute approximate surface area is 188 Å². The Morgan fingerprint density at radius 2 is 1.93 bits per heavy atom. The van der Waals surface area contributed by atoms with Crippen LogP contribution in [-0.2, 0) is 20.7 Å². The molecule has 2 unspecified atom stereocenters. The number of esters is 1. The van der Waals surface area contributed by atoms with Crippen LogP contribution in [0.1, 0.15) is 50.2 Å². The largest absolute Gasteiger partial charge is 0.465 e. The van der Waals surface area contributed by atoms with E-state index in [1.807, 2.05) is 19.1 Å². The van der Waals surface area contributed by atoms with Crippen LogP contribution in [0.2, 0.25) is 0 Å². The number of ether oxygens (including phenoxy) is 1. The Hall–Kier alpha value is -1.43. The fourth-order valence-corrected chi connectivity index (χ4v) is 5.36. The third-order valence-electron chi connectivity index (χ3n) is 6.44. The van der Waals surface area contributed by atoms with Gasteiger partial charge in [-0.2, -0.15) is 0 Å². The molecule has 0 radical (unpaired) electrons. The van der Waals surface area contributed by atoms with Gasteiger partial charge in [0.25, 0.3) is 0 Å². The number of halogens is 1. The molecule has 0 saturated heterocycles. The number of carbonyl (C=O) groups is 2. The second kappa shape index (κ2) is 10.6. The fraction of sp³-hybridized carbons (Fsp3) is 0.520. The number of aryl methyl sites for hydroxylation is 1. The molecule has 156 valence electrons. The lowest BCUT2D eigenvalue weighted by Crippen LogP contribution is -2.35. The van der Waals surface area contributed by atoms with E-state index in [2.05, 4.69) is 53.0 Å². The molecular weight excluding hydrogens is 475 g/mol. The standard InChI is InChI=1S/C25H31IO3/c1-3-29-25(28)23(16-21-13-14-22(26)15-17(21)2)24(27)20-11-9-19(10-12-20)18-7-5-4-6-8-18/h4-7,13-15,18-20,23H,3,8-12,16H2,1-2H3. The van der Waals surface area contributed by atoms with Gasteiger partial charge >= 0.3 is 5.97 Å². The Morgan fingerprint density at radius 3 is 2.55 bits per heavy atom. The summed E-state index contributed by atoms with van der Waals surface area (Å²) in [5.74, 6) is 0.267. The number of hydrogen-bond acceptors (Lipinski definition) is 3. The monoisotopic (exact) mass is 506 g/mol. The first-order valence-electron chi connectivity index (χ1n) is 10.8. The van der Waals surface area contributed by atoms with E-state index in [4.69, 9.17) is 4.74 Å². The molecule has 3 nitrogen and oxygen atoms in total. The zero-order chi connectivity index (χ0) is 20.8. The minimum Gasteiger partial charge on any atom is -0.465 e. The third-order valence-corrected chi connectivity index (χ3v) is 7.11. The van der Waals surface area contributed by atoms with Crippen molar-refractivity contribution in [3.8, 4) is 0 Å². The van der Waals surface area contributed by atoms with Crippen LogP contribution in [0.25, 0.3) is 0 Å². The Morgan fingerprint density at radius 1 is 1.17 bits per heavy atom. The second-order valence-electron chi connectivity index (χ2n) is 8.31. The number of ketones is 1. The normalized spacial score (nSPS) is 24.9. The van der Waals surface area contributed by atoms with E-state index in [0.717, 1.165) is 46.8 Å². The molecule has 29 heavy (non-hydrogen) atoms. The highest BCUT2D eigenvalue weighted by molar-refractivity contribution is 14.1. The van der Waals surface area contributed by atoms with Gasteiger partial charge in [0.2, 0.25) is 0 Å². The van der Waals surface area contributed by atoms with Crippen LogP contribution < -0.4 is 0 Å². The summed E-state index contributed by atoms with van der Waals surface area (Å²) in [6.07, 6.45) is 14.3. The molecule has 0 spiro atoms. The van der Waals surface area contributed by atoms with E-state index in [-0.39, 0.29) is 17.7 Å². The van der Waals surface area contributed by atoms with Crippen molar-refractivity contribution in [1.82, 2.24) is 0 Å². The third kappa shape index (κ3) is 5.80. The zero-order valence-electron chi connectivity index (χ0n) is 17.4. The lowest BCUT2D eigenvalue weighted by atomic mass is 9.71. The number of benzene rings is 1. The molecule has 0 N–H and O–H groups in total. The van der Waals surface area contributed by atoms with Crippen LogP contribution in [0.4, 0.5) is 0 Å². The van der Waals surface area contributed by atoms with Crippen LogP contribution >= 0.6 is 22.6 Å². The highest BCUT2D eigenvalue weighted by Crippen LogP contribution is 2.38. The van der Waals surface area contributed by atoms with Gasteiger partial charge in [0.1, 0.15) is 5.92 Å². The van der Waals surface area contributed by atoms with Gasteiger partial charge in [-0.15, -0.1) is 0 Å². The molecule has 0 aromatic heterocycles. The molecule has 2 atom stereocenters. The predicted octanol–water partition coefficient (Wildman–Crippen LogP) is 5.83. The number of carbonyl (C=O) groups excluding carboxylic acids is 2. The van der Waals surface area contributed by atoms with Crippen molar-refractivity contribution >= 4 is 34.3 Å². The number of allylic oxidation sites excluding steroid dienone is 4. The first-order chi connectivity index (χ1) is 14.0. The second-order valence-corrected chi connectivity index (χ2v) is 9.55. The van der Waals surface area contributed by atoms with Gasteiger partial charge < -0.3 is 4.74 Å². The molecule has 3 rings (SSSR count). The highest BCUT2D eigenvalue weighted by atomic mass is 127. The molecule has 1 fully saturated rings. The van der Waals surface area contributed by atoms with E-state index < -0.39 is 5.92 Å². The van der Waals surface area contributed by atoms with Gasteiger partial charge in [-0.25, -0.2) is 0 Å². The average Bonchev–Trinajstić information content (AvgIpc) is 2.73. The minimum atomic E-state index is -0.687. The summed E-state index contributed by atoms with van der Waals surface area (Å²) in [6, 6.07) is 6.17. The van der Waals surface area contributed by atoms with Crippen molar-refractivity contribution in [3.63, 3.8) is 0 Å². The van der Waals surface area contributed by atoms with Gasteiger partial charge in [-0.3, -0.25) is 9.59 Å². The van der Waals surface area contributed by atoms with Crippen molar-refractivity contribution in [1.29, 1.82) is 0 Å². The number of rotatable bonds is 7. The lowest BCUT2D eigenvalue weighted by Gasteiger charge is -2.33. The molecule has 1 aromatic rings. The first kappa shape index (κ1) is 22.3. The number of hydrogen-bond donors (Lipinski definition) is 0. The zero-order valence-corrected chi connectivity index (χ0v) is 19.6. The summed E-state index contributed by atoms with van der Waals surface area (Å²) in [4.78, 5) is 26.0. The van der Waals surface area contributed by atoms with E-state index >= 15 is 0 Å². The summed E-state index contributed by atoms with van der Waals surface area (Å²) in [7, 11) is 0. The van der Waals surface area contributed by atoms with Crippen LogP contribution in [0.3, 0.4) is 0 Å². The SMILES string of the molecule is CCOC(=O)C(Cc1ccc(I)cc1C)C(=O)C1CCC(C2C=CC=CC2)CC1. The van der Waals surface area contributed by atoms with Gasteiger partial charge in [0.05, 0.1) is 6.61 Å². The summed E-state index contributed by atoms with van der Waals surface area (Å²) in [5.41, 5.74) is 2.18. The lowest BCUT2D eigenvalue weighted by molar-refractivity contribution is -0.153. The summed E-state index contributed by atoms with van der Waals surface area (Å²) in [5, 5.41) is 0. The van der Waals surface area contributed by atoms with Crippen molar-refractivity contribution in [2.45, 2.75) is 52.4 Å². The van der Waals surface area contributed by atoms with Crippen molar-refractivity contribution in [3.05, 3.63) is 57.2 Å². The first-order valence-corrected chi connectivity index (χ1v) is 11.9. The maximum Gasteiger partial charge on any atom is 0.316 e. The quantitative estimate of drug-likeness (QED) is 0.266. The van der Waals surface area contributed by atoms with Crippen molar-refractivity contribution in [2.24, 2.45) is 23.7 Å². The molecule has 2 aliphatic rings. The molecule has 1 saturated carbocycles. The molecule has 0 aliphatic heterocycles. The van der Waals surface area contributed by atoms with Gasteiger partial charge in [0.15, 0.2) is 5.78 Å². The Bertz CT molecular complexity index is 787. The van der Waals surface area contributed by atoms with Crippen LogP contribution in [0, 0.1) is 34.2 Å². The average molecular weight is 506 g/mol. The molecule has 0 amide bonds. The maximum absolute atomic E-state index is 13.4. The van der Waals surface area contributed by atoms with E-state index in [1.54, 1.807) is 6.92 Å². The van der Waals surface area contributed by atoms with E-state index in [0.29, 0.717) is 24.9 Å². The minimum absolute atomic E-state index is 0.0204. The molecule has 2 aliphatic carbocycles. The van der Waals surface area contributed by atoms with Crippen molar-refractivity contribution < 1.29 is 14.3 Å². The highest BCUT2D eigenvalue weighted by Gasteiger charge is 2.37. The number of Topliss-reactive ketones (excluding diaryl/α,β-unsaturated/α-hetero) is 1. The Balaban J connectivity index is 1.67. The molecule has 0 bridgehead atoms. The molecule has 1 aromatic carbocycles. The van der Waals surface area contributed by atoms with Gasteiger partial charge in [-0.05, 0) is 110 Å². The summed E-state index contributed by atoms with van der Waals surface area (Å²) < 4.78 is 6.45. The van der Waals surface area contributed by atoms with Crippen LogP contribution in [0.5, 0.6) is 0 Å². The molecular formula is C25H31IO3. The summed E-state index contributed by atoms with van der Waals surface area (Å²) in [6.45, 7) is 4.15. The van der Waals surface area contributed by atoms with E-state index in [1.165, 1.54) is 0 Å². The van der Waals surface area contributed by atoms with E-state index in [9.17, 15) is 9.59 Å². The maximum atomic E-state index is 13.4. The fourth-order valence-electron chi connectivity index (χ4n) is 4.72. The smallest absolute Gasteiger partial charge is 0.316 e. The molecule has 0 heterocycles. The van der Waals surface area contributed by atoms with Gasteiger partial charge in [0, 0.05) is 9.49 Å². The molecule has 4 heteroatoms. The van der Waals surface area contributed by atoms with Crippen molar-refractivity contribution in [2.75, 3.05) is 6.61 Å². The predicted molar refractivity (Wildman–Crippen MR) is 125 cm³/mol. The van der Waals surface area contributed by atoms with Crippen LogP contribution in [0.15, 0.2) is 42.5 Å². The topological polar surface area (TPSA) is 43.4 Å². The Kier molecular flexibility index (Phi) is 8.10. The van der Waals surface area contributed by atoms with Gasteiger partial charge in [-0.1, -0.05) is 30.4 Å². The summed E-state index contributed by atoms with van der Waals surface area (Å²) >= 11 is 2.28. The van der Waals surface area contributed by atoms with Crippen LogP contribution in [-0.4, -0.2) is 18.4 Å².